The number of rotatable bonds is 4. The van der Waals surface area contributed by atoms with Crippen molar-refractivity contribution < 1.29 is 14.3 Å². The van der Waals surface area contributed by atoms with Gasteiger partial charge in [0.1, 0.15) is 11.4 Å². The predicted molar refractivity (Wildman–Crippen MR) is 105 cm³/mol. The molecule has 0 aliphatic carbocycles. The van der Waals surface area contributed by atoms with E-state index < -0.39 is 11.7 Å². The van der Waals surface area contributed by atoms with Gasteiger partial charge in [-0.2, -0.15) is 0 Å². The Kier molecular flexibility index (Phi) is 6.87. The van der Waals surface area contributed by atoms with E-state index in [1.807, 2.05) is 51.9 Å². The number of pyridine rings is 1. The smallest absolute Gasteiger partial charge is 0.407 e. The van der Waals surface area contributed by atoms with Gasteiger partial charge in [-0.1, -0.05) is 6.07 Å². The van der Waals surface area contributed by atoms with Gasteiger partial charge in [-0.05, 0) is 39.7 Å². The molecule has 3 amide bonds. The van der Waals surface area contributed by atoms with Gasteiger partial charge in [-0.25, -0.2) is 14.6 Å². The molecule has 1 saturated heterocycles. The molecule has 0 radical (unpaired) electrons. The zero-order chi connectivity index (χ0) is 20.0. The zero-order valence-electron chi connectivity index (χ0n) is 16.9. The zero-order valence-corrected chi connectivity index (χ0v) is 16.9. The molecule has 0 bridgehead atoms. The summed E-state index contributed by atoms with van der Waals surface area (Å²) < 4.78 is 5.30. The SMILES string of the molecule is CN(C)c1ncccc1CNC(=O)N1CCC[C@@H](NC(=O)OC(C)(C)C)C1. The Morgan fingerprint density at radius 1 is 1.37 bits per heavy atom. The third-order valence-electron chi connectivity index (χ3n) is 4.15. The summed E-state index contributed by atoms with van der Waals surface area (Å²) in [5.41, 5.74) is 0.417. The molecule has 0 unspecified atom stereocenters. The average Bonchev–Trinajstić information content (AvgIpc) is 2.58. The van der Waals surface area contributed by atoms with Gasteiger partial charge in [0.05, 0.1) is 0 Å². The van der Waals surface area contributed by atoms with E-state index in [1.54, 1.807) is 11.1 Å². The maximum absolute atomic E-state index is 12.5. The number of amides is 3. The molecule has 8 heteroatoms. The fourth-order valence-electron chi connectivity index (χ4n) is 3.01. The average molecular weight is 377 g/mol. The van der Waals surface area contributed by atoms with Crippen molar-refractivity contribution in [3.05, 3.63) is 23.9 Å². The third kappa shape index (κ3) is 6.62. The molecule has 150 valence electrons. The van der Waals surface area contributed by atoms with Crippen LogP contribution in [0.3, 0.4) is 0 Å². The van der Waals surface area contributed by atoms with Crippen molar-refractivity contribution in [1.82, 2.24) is 20.5 Å². The van der Waals surface area contributed by atoms with Gasteiger partial charge in [0, 0.05) is 51.5 Å². The Labute approximate surface area is 161 Å². The number of anilines is 1. The number of piperidine rings is 1. The fourth-order valence-corrected chi connectivity index (χ4v) is 3.01. The highest BCUT2D eigenvalue weighted by Crippen LogP contribution is 2.15. The van der Waals surface area contributed by atoms with Gasteiger partial charge >= 0.3 is 12.1 Å². The highest BCUT2D eigenvalue weighted by molar-refractivity contribution is 5.75. The second-order valence-electron chi connectivity index (χ2n) is 7.97. The molecule has 1 aliphatic rings. The molecular formula is C19H31N5O3. The molecule has 1 aromatic rings. The molecule has 1 aliphatic heterocycles. The highest BCUT2D eigenvalue weighted by Gasteiger charge is 2.26. The maximum Gasteiger partial charge on any atom is 0.407 e. The lowest BCUT2D eigenvalue weighted by Crippen LogP contribution is -2.52. The molecule has 1 aromatic heterocycles. The number of carbonyl (C=O) groups is 2. The molecule has 1 atom stereocenters. The van der Waals surface area contributed by atoms with Crippen LogP contribution in [-0.4, -0.2) is 60.8 Å². The van der Waals surface area contributed by atoms with Gasteiger partial charge in [-0.15, -0.1) is 0 Å². The lowest BCUT2D eigenvalue weighted by atomic mass is 10.1. The minimum absolute atomic E-state index is 0.102. The van der Waals surface area contributed by atoms with Gasteiger partial charge in [-0.3, -0.25) is 0 Å². The summed E-state index contributed by atoms with van der Waals surface area (Å²) in [5.74, 6) is 0.834. The molecule has 0 aromatic carbocycles. The monoisotopic (exact) mass is 377 g/mol. The fraction of sp³-hybridized carbons (Fsp3) is 0.632. The van der Waals surface area contributed by atoms with Crippen LogP contribution < -0.4 is 15.5 Å². The van der Waals surface area contributed by atoms with E-state index in [2.05, 4.69) is 15.6 Å². The Bertz CT molecular complexity index is 657. The van der Waals surface area contributed by atoms with E-state index in [0.717, 1.165) is 24.2 Å². The lowest BCUT2D eigenvalue weighted by Gasteiger charge is -2.33. The van der Waals surface area contributed by atoms with Crippen LogP contribution in [0, 0.1) is 0 Å². The summed E-state index contributed by atoms with van der Waals surface area (Å²) in [4.78, 5) is 32.5. The van der Waals surface area contributed by atoms with E-state index in [0.29, 0.717) is 19.6 Å². The number of urea groups is 1. The van der Waals surface area contributed by atoms with Crippen molar-refractivity contribution >= 4 is 17.9 Å². The van der Waals surface area contributed by atoms with Gasteiger partial charge < -0.3 is 25.2 Å². The second kappa shape index (κ2) is 8.92. The van der Waals surface area contributed by atoms with Crippen molar-refractivity contribution in [2.24, 2.45) is 0 Å². The normalized spacial score (nSPS) is 17.2. The van der Waals surface area contributed by atoms with Gasteiger partial charge in [0.25, 0.3) is 0 Å². The molecule has 0 spiro atoms. The molecule has 0 saturated carbocycles. The first-order valence-electron chi connectivity index (χ1n) is 9.29. The molecule has 8 nitrogen and oxygen atoms in total. The van der Waals surface area contributed by atoms with Crippen molar-refractivity contribution in [3.63, 3.8) is 0 Å². The molecule has 1 fully saturated rings. The summed E-state index contributed by atoms with van der Waals surface area (Å²) in [6, 6.07) is 3.57. The van der Waals surface area contributed by atoms with Crippen LogP contribution in [0.1, 0.15) is 39.2 Å². The van der Waals surface area contributed by atoms with E-state index in [1.165, 1.54) is 0 Å². The van der Waals surface area contributed by atoms with E-state index >= 15 is 0 Å². The minimum atomic E-state index is -0.538. The number of aromatic nitrogens is 1. The van der Waals surface area contributed by atoms with Crippen LogP contribution in [-0.2, 0) is 11.3 Å². The Morgan fingerprint density at radius 2 is 2.11 bits per heavy atom. The van der Waals surface area contributed by atoms with Crippen LogP contribution in [0.5, 0.6) is 0 Å². The number of hydrogen-bond donors (Lipinski definition) is 2. The number of hydrogen-bond acceptors (Lipinski definition) is 5. The molecular weight excluding hydrogens is 346 g/mol. The first kappa shape index (κ1) is 20.8. The number of nitrogens with one attached hydrogen (secondary N) is 2. The summed E-state index contributed by atoms with van der Waals surface area (Å²) in [6.07, 6.45) is 2.96. The van der Waals surface area contributed by atoms with Crippen molar-refractivity contribution in [2.75, 3.05) is 32.1 Å². The van der Waals surface area contributed by atoms with E-state index in [9.17, 15) is 9.59 Å². The quantitative estimate of drug-likeness (QED) is 0.841. The van der Waals surface area contributed by atoms with Crippen molar-refractivity contribution in [3.8, 4) is 0 Å². The molecule has 2 rings (SSSR count). The standard InChI is InChI=1S/C19H31N5O3/c1-19(2,3)27-18(26)22-15-9-7-11-24(13-15)17(25)21-12-14-8-6-10-20-16(14)23(4)5/h6,8,10,15H,7,9,11-13H2,1-5H3,(H,21,25)(H,22,26)/t15-/m1/s1. The third-order valence-corrected chi connectivity index (χ3v) is 4.15. The van der Waals surface area contributed by atoms with E-state index in [4.69, 9.17) is 4.74 Å². The summed E-state index contributed by atoms with van der Waals surface area (Å²) in [5, 5.41) is 5.81. The van der Waals surface area contributed by atoms with Crippen LogP contribution in [0.2, 0.25) is 0 Å². The van der Waals surface area contributed by atoms with Crippen LogP contribution in [0.25, 0.3) is 0 Å². The van der Waals surface area contributed by atoms with Crippen molar-refractivity contribution in [1.29, 1.82) is 0 Å². The van der Waals surface area contributed by atoms with Gasteiger partial charge in [0.2, 0.25) is 0 Å². The Hall–Kier alpha value is -2.51. The van der Waals surface area contributed by atoms with Crippen LogP contribution >= 0.6 is 0 Å². The van der Waals surface area contributed by atoms with Crippen LogP contribution in [0.4, 0.5) is 15.4 Å². The summed E-state index contributed by atoms with van der Waals surface area (Å²) in [6.45, 7) is 7.03. The lowest BCUT2D eigenvalue weighted by molar-refractivity contribution is 0.0479. The first-order chi connectivity index (χ1) is 12.7. The Morgan fingerprint density at radius 3 is 2.78 bits per heavy atom. The predicted octanol–water partition coefficient (Wildman–Crippen LogP) is 2.35. The molecule has 2 N–H and O–H groups in total. The van der Waals surface area contributed by atoms with Crippen molar-refractivity contribution in [2.45, 2.75) is 51.8 Å². The second-order valence-corrected chi connectivity index (χ2v) is 7.97. The number of nitrogens with zero attached hydrogens (tertiary/aromatic N) is 3. The highest BCUT2D eigenvalue weighted by atomic mass is 16.6. The number of ether oxygens (including phenoxy) is 1. The summed E-state index contributed by atoms with van der Waals surface area (Å²) in [7, 11) is 3.84. The maximum atomic E-state index is 12.5. The molecule has 27 heavy (non-hydrogen) atoms. The number of carbonyl (C=O) groups excluding carboxylic acids is 2. The van der Waals surface area contributed by atoms with Crippen LogP contribution in [0.15, 0.2) is 18.3 Å². The molecule has 2 heterocycles. The number of likely N-dealkylation sites (tertiary alicyclic amines) is 1. The Balaban J connectivity index is 1.87. The summed E-state index contributed by atoms with van der Waals surface area (Å²) >= 11 is 0. The minimum Gasteiger partial charge on any atom is -0.444 e. The number of alkyl carbamates (subject to hydrolysis) is 1. The van der Waals surface area contributed by atoms with Gasteiger partial charge in [0.15, 0.2) is 0 Å². The topological polar surface area (TPSA) is 86.8 Å². The largest absolute Gasteiger partial charge is 0.444 e. The van der Waals surface area contributed by atoms with E-state index in [-0.39, 0.29) is 12.1 Å². The first-order valence-corrected chi connectivity index (χ1v) is 9.29.